The zero-order valence-corrected chi connectivity index (χ0v) is 17.0. The molecule has 150 valence electrons. The molecule has 2 aliphatic rings. The fraction of sp³-hybridized carbons (Fsp3) is 0.238. The van der Waals surface area contributed by atoms with Gasteiger partial charge in [0, 0.05) is 18.8 Å². The Balaban J connectivity index is 1.47. The minimum absolute atomic E-state index is 0.120. The van der Waals surface area contributed by atoms with Crippen LogP contribution in [0.5, 0.6) is 0 Å². The van der Waals surface area contributed by atoms with Crippen LogP contribution in [0.1, 0.15) is 11.1 Å². The number of halogens is 2. The van der Waals surface area contributed by atoms with Crippen molar-refractivity contribution >= 4 is 46.9 Å². The molecule has 4 rings (SSSR count). The number of morpholine rings is 1. The molecule has 1 N–H and O–H groups in total. The molecule has 0 atom stereocenters. The number of benzene rings is 2. The van der Waals surface area contributed by atoms with Crippen molar-refractivity contribution in [2.45, 2.75) is 6.54 Å². The van der Waals surface area contributed by atoms with Crippen molar-refractivity contribution in [2.24, 2.45) is 0 Å². The van der Waals surface area contributed by atoms with E-state index in [4.69, 9.17) is 27.9 Å². The lowest BCUT2D eigenvalue weighted by Crippen LogP contribution is -2.36. The van der Waals surface area contributed by atoms with Crippen LogP contribution in [0.4, 0.5) is 10.5 Å². The normalized spacial score (nSPS) is 18.5. The first kappa shape index (κ1) is 19.8. The molecule has 2 saturated heterocycles. The zero-order valence-electron chi connectivity index (χ0n) is 15.5. The number of carbonyl (C=O) groups is 2. The summed E-state index contributed by atoms with van der Waals surface area (Å²) in [5.74, 6) is -0.377. The molecule has 3 amide bonds. The van der Waals surface area contributed by atoms with E-state index in [1.54, 1.807) is 24.3 Å². The highest BCUT2D eigenvalue weighted by Gasteiger charge is 2.33. The lowest BCUT2D eigenvalue weighted by Gasteiger charge is -2.28. The van der Waals surface area contributed by atoms with Gasteiger partial charge in [-0.2, -0.15) is 0 Å². The highest BCUT2D eigenvalue weighted by atomic mass is 35.5. The van der Waals surface area contributed by atoms with Crippen LogP contribution in [0.3, 0.4) is 0 Å². The van der Waals surface area contributed by atoms with Crippen LogP contribution in [-0.4, -0.2) is 43.1 Å². The minimum Gasteiger partial charge on any atom is -0.378 e. The van der Waals surface area contributed by atoms with Crippen molar-refractivity contribution < 1.29 is 14.3 Å². The number of hydrogen-bond donors (Lipinski definition) is 1. The molecule has 2 aromatic rings. The number of urea groups is 1. The molecule has 0 unspecified atom stereocenters. The fourth-order valence-electron chi connectivity index (χ4n) is 3.31. The standard InChI is InChI=1S/C21H19Cl2N3O3/c22-17-6-3-15(11-18(17)23)13-26-20(27)19(24-21(26)28)12-14-1-4-16(5-2-14)25-7-9-29-10-8-25/h1-6,11-12H,7-10,13H2,(H,24,28)/b19-12-. The molecule has 0 aromatic heterocycles. The van der Waals surface area contributed by atoms with Gasteiger partial charge >= 0.3 is 6.03 Å². The van der Waals surface area contributed by atoms with E-state index < -0.39 is 6.03 Å². The van der Waals surface area contributed by atoms with Crippen LogP contribution in [0.25, 0.3) is 6.08 Å². The monoisotopic (exact) mass is 431 g/mol. The Labute approximate surface area is 178 Å². The quantitative estimate of drug-likeness (QED) is 0.588. The topological polar surface area (TPSA) is 61.9 Å². The number of carbonyl (C=O) groups excluding carboxylic acids is 2. The minimum atomic E-state index is -0.461. The number of amides is 3. The average Bonchev–Trinajstić information content (AvgIpc) is 2.99. The second-order valence-electron chi connectivity index (χ2n) is 6.82. The summed E-state index contributed by atoms with van der Waals surface area (Å²) in [6.07, 6.45) is 1.68. The number of nitrogens with one attached hydrogen (secondary N) is 1. The summed E-state index contributed by atoms with van der Waals surface area (Å²) in [4.78, 5) is 28.4. The van der Waals surface area contributed by atoms with E-state index in [2.05, 4.69) is 10.2 Å². The highest BCUT2D eigenvalue weighted by Crippen LogP contribution is 2.25. The van der Waals surface area contributed by atoms with Gasteiger partial charge in [0.2, 0.25) is 0 Å². The third-order valence-corrected chi connectivity index (χ3v) is 5.61. The van der Waals surface area contributed by atoms with E-state index in [0.29, 0.717) is 10.0 Å². The summed E-state index contributed by atoms with van der Waals surface area (Å²) in [7, 11) is 0. The van der Waals surface area contributed by atoms with Crippen molar-refractivity contribution in [2.75, 3.05) is 31.2 Å². The van der Waals surface area contributed by atoms with Gasteiger partial charge < -0.3 is 15.0 Å². The number of nitrogens with zero attached hydrogens (tertiary/aromatic N) is 2. The Morgan fingerprint density at radius 1 is 1.00 bits per heavy atom. The largest absolute Gasteiger partial charge is 0.378 e. The van der Waals surface area contributed by atoms with E-state index in [1.807, 2.05) is 24.3 Å². The highest BCUT2D eigenvalue weighted by molar-refractivity contribution is 6.42. The molecule has 29 heavy (non-hydrogen) atoms. The number of ether oxygens (including phenoxy) is 1. The van der Waals surface area contributed by atoms with Crippen LogP contribution >= 0.6 is 23.2 Å². The van der Waals surface area contributed by atoms with Crippen LogP contribution in [-0.2, 0) is 16.1 Å². The van der Waals surface area contributed by atoms with Crippen molar-refractivity contribution in [3.8, 4) is 0 Å². The van der Waals surface area contributed by atoms with E-state index in [-0.39, 0.29) is 18.1 Å². The molecule has 2 aromatic carbocycles. The van der Waals surface area contributed by atoms with Gasteiger partial charge in [0.1, 0.15) is 5.70 Å². The molecule has 0 saturated carbocycles. The molecule has 0 spiro atoms. The summed E-state index contributed by atoms with van der Waals surface area (Å²) < 4.78 is 5.37. The lowest BCUT2D eigenvalue weighted by molar-refractivity contribution is -0.123. The number of hydrogen-bond acceptors (Lipinski definition) is 4. The van der Waals surface area contributed by atoms with Gasteiger partial charge in [-0.25, -0.2) is 4.79 Å². The van der Waals surface area contributed by atoms with Crippen molar-refractivity contribution in [3.05, 3.63) is 69.3 Å². The third-order valence-electron chi connectivity index (χ3n) is 4.87. The van der Waals surface area contributed by atoms with Crippen molar-refractivity contribution in [1.82, 2.24) is 10.2 Å². The molecule has 2 fully saturated rings. The van der Waals surface area contributed by atoms with Gasteiger partial charge in [0.25, 0.3) is 5.91 Å². The fourth-order valence-corrected chi connectivity index (χ4v) is 3.63. The smallest absolute Gasteiger partial charge is 0.329 e. The molecule has 2 aliphatic heterocycles. The summed E-state index contributed by atoms with van der Waals surface area (Å²) in [6.45, 7) is 3.29. The number of anilines is 1. The molecule has 0 radical (unpaired) electrons. The molecule has 0 aliphatic carbocycles. The Kier molecular flexibility index (Phi) is 5.76. The molecular weight excluding hydrogens is 413 g/mol. The van der Waals surface area contributed by atoms with E-state index >= 15 is 0 Å². The molecule has 0 bridgehead atoms. The second kappa shape index (κ2) is 8.45. The van der Waals surface area contributed by atoms with E-state index in [0.717, 1.165) is 48.0 Å². The molecule has 6 nitrogen and oxygen atoms in total. The first-order chi connectivity index (χ1) is 14.0. The SMILES string of the molecule is O=C1N/C(=C\c2ccc(N3CCOCC3)cc2)C(=O)N1Cc1ccc(Cl)c(Cl)c1. The summed E-state index contributed by atoms with van der Waals surface area (Å²) in [5, 5.41) is 3.45. The number of imide groups is 1. The summed E-state index contributed by atoms with van der Waals surface area (Å²) in [6, 6.07) is 12.4. The molecule has 8 heteroatoms. The van der Waals surface area contributed by atoms with Gasteiger partial charge in [-0.1, -0.05) is 41.4 Å². The van der Waals surface area contributed by atoms with Crippen molar-refractivity contribution in [3.63, 3.8) is 0 Å². The maximum absolute atomic E-state index is 12.7. The van der Waals surface area contributed by atoms with Crippen LogP contribution in [0.2, 0.25) is 10.0 Å². The van der Waals surface area contributed by atoms with Crippen LogP contribution in [0.15, 0.2) is 48.2 Å². The summed E-state index contributed by atoms with van der Waals surface area (Å²) >= 11 is 11.9. The van der Waals surface area contributed by atoms with Gasteiger partial charge in [0.15, 0.2) is 0 Å². The van der Waals surface area contributed by atoms with Gasteiger partial charge in [-0.05, 0) is 41.5 Å². The predicted molar refractivity (Wildman–Crippen MR) is 113 cm³/mol. The first-order valence-electron chi connectivity index (χ1n) is 9.22. The molecule has 2 heterocycles. The lowest BCUT2D eigenvalue weighted by atomic mass is 10.1. The van der Waals surface area contributed by atoms with Crippen LogP contribution in [0, 0.1) is 0 Å². The zero-order chi connectivity index (χ0) is 20.4. The van der Waals surface area contributed by atoms with E-state index in [9.17, 15) is 9.59 Å². The van der Waals surface area contributed by atoms with Crippen LogP contribution < -0.4 is 10.2 Å². The second-order valence-corrected chi connectivity index (χ2v) is 7.63. The maximum atomic E-state index is 12.7. The Hall–Kier alpha value is -2.54. The average molecular weight is 432 g/mol. The predicted octanol–water partition coefficient (Wildman–Crippen LogP) is 3.92. The third kappa shape index (κ3) is 4.40. The van der Waals surface area contributed by atoms with Crippen molar-refractivity contribution in [1.29, 1.82) is 0 Å². The van der Waals surface area contributed by atoms with E-state index in [1.165, 1.54) is 0 Å². The first-order valence-corrected chi connectivity index (χ1v) is 9.98. The Morgan fingerprint density at radius 2 is 1.72 bits per heavy atom. The van der Waals surface area contributed by atoms with Gasteiger partial charge in [-0.3, -0.25) is 9.69 Å². The van der Waals surface area contributed by atoms with Gasteiger partial charge in [-0.15, -0.1) is 0 Å². The van der Waals surface area contributed by atoms with Gasteiger partial charge in [0.05, 0.1) is 29.8 Å². The maximum Gasteiger partial charge on any atom is 0.329 e. The Morgan fingerprint density at radius 3 is 2.41 bits per heavy atom. The Bertz CT molecular complexity index is 970. The number of rotatable bonds is 4. The molecular formula is C21H19Cl2N3O3. The summed E-state index contributed by atoms with van der Waals surface area (Å²) in [5.41, 5.74) is 2.91.